The second kappa shape index (κ2) is 9.67. The lowest BCUT2D eigenvalue weighted by molar-refractivity contribution is -0.129. The second-order valence-electron chi connectivity index (χ2n) is 8.26. The number of phenols is 2. The molecular weight excluding hydrogens is 406 g/mol. The maximum absolute atomic E-state index is 11.9. The number of hydrogen-bond acceptors (Lipinski definition) is 6. The zero-order valence-electron chi connectivity index (χ0n) is 18.1. The molecule has 1 atom stereocenters. The quantitative estimate of drug-likeness (QED) is 0.236. The summed E-state index contributed by atoms with van der Waals surface area (Å²) in [6.45, 7) is 9.18. The first kappa shape index (κ1) is 24.0. The average Bonchev–Trinajstić information content (AvgIpc) is 2.96. The summed E-state index contributed by atoms with van der Waals surface area (Å²) < 4.78 is 5.83. The summed E-state index contributed by atoms with van der Waals surface area (Å²) in [5.74, 6) is -0.205. The first-order valence-corrected chi connectivity index (χ1v) is 10.3. The van der Waals surface area contributed by atoms with Gasteiger partial charge >= 0.3 is 0 Å². The number of ketones is 1. The Hall–Kier alpha value is -2.31. The van der Waals surface area contributed by atoms with E-state index in [9.17, 15) is 15.0 Å². The summed E-state index contributed by atoms with van der Waals surface area (Å²) in [5, 5.41) is 32.7. The number of benzene rings is 1. The van der Waals surface area contributed by atoms with E-state index in [2.05, 4.69) is 11.2 Å². The Morgan fingerprint density at radius 2 is 1.93 bits per heavy atom. The molecule has 2 rings (SSSR count). The first-order valence-electron chi connectivity index (χ1n) is 9.93. The number of halogens is 1. The molecule has 0 saturated carbocycles. The molecule has 1 heterocycles. The van der Waals surface area contributed by atoms with Crippen LogP contribution in [0.3, 0.4) is 0 Å². The standard InChI is InChI=1S/C23H30ClNO5/c1-13(7-6-8-14(2)18-11-19(26)23(4,5)30-18)9-10-16-21(27)17(12-25-29)15(3)20(24)22(16)28/h8-9,12,18,27-29H,6-7,10-11H2,1-5H3/b13-9+,14-8+,25-12+/t18-/m0/s1. The lowest BCUT2D eigenvalue weighted by Gasteiger charge is -2.18. The number of hydrogen-bond donors (Lipinski definition) is 3. The minimum absolute atomic E-state index is 0.122. The van der Waals surface area contributed by atoms with E-state index >= 15 is 0 Å². The molecule has 164 valence electrons. The predicted molar refractivity (Wildman–Crippen MR) is 118 cm³/mol. The monoisotopic (exact) mass is 435 g/mol. The van der Waals surface area contributed by atoms with Crippen molar-refractivity contribution in [3.63, 3.8) is 0 Å². The number of oxime groups is 1. The van der Waals surface area contributed by atoms with Crippen LogP contribution >= 0.6 is 11.6 Å². The summed E-state index contributed by atoms with van der Waals surface area (Å²) in [6, 6.07) is 0. The fourth-order valence-corrected chi connectivity index (χ4v) is 3.67. The molecule has 7 heteroatoms. The number of aromatic hydroxyl groups is 2. The van der Waals surface area contributed by atoms with Crippen LogP contribution in [0.25, 0.3) is 0 Å². The number of rotatable bonds is 7. The molecule has 0 amide bonds. The minimum Gasteiger partial charge on any atom is -0.507 e. The van der Waals surface area contributed by atoms with Gasteiger partial charge in [-0.15, -0.1) is 0 Å². The molecule has 3 N–H and O–H groups in total. The normalized spacial score (nSPS) is 19.8. The van der Waals surface area contributed by atoms with Crippen molar-refractivity contribution in [2.24, 2.45) is 5.16 Å². The number of ether oxygens (including phenoxy) is 1. The fraction of sp³-hybridized carbons (Fsp3) is 0.478. The lowest BCUT2D eigenvalue weighted by Crippen LogP contribution is -2.27. The van der Waals surface area contributed by atoms with E-state index in [1.165, 1.54) is 0 Å². The zero-order valence-corrected chi connectivity index (χ0v) is 18.9. The Morgan fingerprint density at radius 3 is 2.50 bits per heavy atom. The highest BCUT2D eigenvalue weighted by Gasteiger charge is 2.40. The van der Waals surface area contributed by atoms with Crippen LogP contribution in [0.5, 0.6) is 11.5 Å². The smallest absolute Gasteiger partial charge is 0.167 e. The summed E-state index contributed by atoms with van der Waals surface area (Å²) in [5.41, 5.74) is 2.41. The molecule has 0 bridgehead atoms. The summed E-state index contributed by atoms with van der Waals surface area (Å²) >= 11 is 6.15. The molecular formula is C23H30ClNO5. The van der Waals surface area contributed by atoms with E-state index in [1.54, 1.807) is 20.8 Å². The van der Waals surface area contributed by atoms with Gasteiger partial charge in [0.05, 0.1) is 17.3 Å². The van der Waals surface area contributed by atoms with Crippen molar-refractivity contribution in [2.45, 2.75) is 72.0 Å². The molecule has 0 aliphatic carbocycles. The fourth-order valence-electron chi connectivity index (χ4n) is 3.46. The lowest BCUT2D eigenvalue weighted by atomic mass is 9.98. The highest BCUT2D eigenvalue weighted by molar-refractivity contribution is 6.33. The third-order valence-electron chi connectivity index (χ3n) is 5.60. The zero-order chi connectivity index (χ0) is 22.6. The largest absolute Gasteiger partial charge is 0.507 e. The van der Waals surface area contributed by atoms with Crippen LogP contribution in [-0.4, -0.2) is 39.1 Å². The van der Waals surface area contributed by atoms with Crippen LogP contribution in [0.15, 0.2) is 28.5 Å². The van der Waals surface area contributed by atoms with Crippen molar-refractivity contribution in [3.8, 4) is 11.5 Å². The minimum atomic E-state index is -0.714. The average molecular weight is 436 g/mol. The van der Waals surface area contributed by atoms with E-state index in [4.69, 9.17) is 21.5 Å². The maximum atomic E-state index is 11.9. The van der Waals surface area contributed by atoms with Gasteiger partial charge in [0.15, 0.2) is 5.78 Å². The molecule has 1 aliphatic rings. The van der Waals surface area contributed by atoms with Crippen LogP contribution in [-0.2, 0) is 16.0 Å². The molecule has 0 aromatic heterocycles. The van der Waals surface area contributed by atoms with Crippen molar-refractivity contribution in [3.05, 3.63) is 45.0 Å². The van der Waals surface area contributed by atoms with Gasteiger partial charge in [-0.1, -0.05) is 34.5 Å². The van der Waals surface area contributed by atoms with Crippen LogP contribution in [0, 0.1) is 6.92 Å². The molecule has 1 fully saturated rings. The number of phenolic OH excluding ortho intramolecular Hbond substituents is 2. The summed E-state index contributed by atoms with van der Waals surface area (Å²) in [7, 11) is 0. The van der Waals surface area contributed by atoms with Crippen molar-refractivity contribution < 1.29 is 25.0 Å². The summed E-state index contributed by atoms with van der Waals surface area (Å²) in [4.78, 5) is 11.9. The van der Waals surface area contributed by atoms with Crippen molar-refractivity contribution in [1.82, 2.24) is 0 Å². The van der Waals surface area contributed by atoms with E-state index in [0.717, 1.165) is 30.2 Å². The van der Waals surface area contributed by atoms with E-state index in [0.29, 0.717) is 12.0 Å². The molecule has 0 radical (unpaired) electrons. The predicted octanol–water partition coefficient (Wildman–Crippen LogP) is 5.22. The van der Waals surface area contributed by atoms with Gasteiger partial charge in [0.1, 0.15) is 17.1 Å². The Morgan fingerprint density at radius 1 is 1.27 bits per heavy atom. The van der Waals surface area contributed by atoms with Gasteiger partial charge < -0.3 is 20.2 Å². The van der Waals surface area contributed by atoms with Crippen LogP contribution in [0.4, 0.5) is 0 Å². The number of allylic oxidation sites excluding steroid dienone is 3. The number of Topliss-reactive ketones (excluding diaryl/α,β-unsaturated/α-hetero) is 1. The molecule has 1 aromatic carbocycles. The van der Waals surface area contributed by atoms with E-state index < -0.39 is 5.60 Å². The number of nitrogens with zero attached hydrogens (tertiary/aromatic N) is 1. The molecule has 1 aromatic rings. The van der Waals surface area contributed by atoms with Gasteiger partial charge in [-0.05, 0) is 65.0 Å². The van der Waals surface area contributed by atoms with Crippen LogP contribution < -0.4 is 0 Å². The van der Waals surface area contributed by atoms with Crippen molar-refractivity contribution in [1.29, 1.82) is 0 Å². The Balaban J connectivity index is 2.05. The van der Waals surface area contributed by atoms with E-state index in [1.807, 2.05) is 19.9 Å². The Labute approximate surface area is 182 Å². The maximum Gasteiger partial charge on any atom is 0.167 e. The molecule has 1 aliphatic heterocycles. The van der Waals surface area contributed by atoms with E-state index in [-0.39, 0.29) is 46.0 Å². The van der Waals surface area contributed by atoms with Gasteiger partial charge in [0.25, 0.3) is 0 Å². The van der Waals surface area contributed by atoms with Crippen molar-refractivity contribution in [2.75, 3.05) is 0 Å². The molecule has 0 unspecified atom stereocenters. The van der Waals surface area contributed by atoms with Gasteiger partial charge in [-0.25, -0.2) is 0 Å². The Kier molecular flexibility index (Phi) is 7.72. The van der Waals surface area contributed by atoms with Gasteiger partial charge in [-0.2, -0.15) is 0 Å². The third-order valence-corrected chi connectivity index (χ3v) is 6.06. The topological polar surface area (TPSA) is 99.4 Å². The van der Waals surface area contributed by atoms with Gasteiger partial charge in [0.2, 0.25) is 0 Å². The molecule has 0 spiro atoms. The van der Waals surface area contributed by atoms with Crippen LogP contribution in [0.2, 0.25) is 5.02 Å². The Bertz CT molecular complexity index is 915. The van der Waals surface area contributed by atoms with Gasteiger partial charge in [-0.3, -0.25) is 4.79 Å². The number of carbonyl (C=O) groups is 1. The highest BCUT2D eigenvalue weighted by Crippen LogP contribution is 2.40. The highest BCUT2D eigenvalue weighted by atomic mass is 35.5. The third kappa shape index (κ3) is 5.24. The molecule has 6 nitrogen and oxygen atoms in total. The second-order valence-corrected chi connectivity index (χ2v) is 8.64. The van der Waals surface area contributed by atoms with Gasteiger partial charge in [0, 0.05) is 17.5 Å². The summed E-state index contributed by atoms with van der Waals surface area (Å²) in [6.07, 6.45) is 7.22. The van der Waals surface area contributed by atoms with Crippen molar-refractivity contribution >= 4 is 23.6 Å². The number of carbonyl (C=O) groups excluding carboxylic acids is 1. The first-order chi connectivity index (χ1) is 14.0. The molecule has 1 saturated heterocycles. The SMILES string of the molecule is C/C(=C\Cc1c(O)c(Cl)c(C)c(/C=N/O)c1O)CC/C=C(\C)[C@@H]1CC(=O)C(C)(C)O1. The molecule has 30 heavy (non-hydrogen) atoms. The van der Waals surface area contributed by atoms with Crippen LogP contribution in [0.1, 0.15) is 63.6 Å².